The number of rotatable bonds is 4. The van der Waals surface area contributed by atoms with Gasteiger partial charge in [0.05, 0.1) is 11.5 Å². The number of hydrogen-bond acceptors (Lipinski definition) is 4. The smallest absolute Gasteiger partial charge is 0.243 e. The molecule has 0 aromatic heterocycles. The van der Waals surface area contributed by atoms with Crippen LogP contribution in [-0.2, 0) is 23.0 Å². The first-order chi connectivity index (χ1) is 12.9. The summed E-state index contributed by atoms with van der Waals surface area (Å²) in [5.41, 5.74) is 3.32. The zero-order valence-electron chi connectivity index (χ0n) is 15.3. The number of benzene rings is 2. The molecule has 0 spiro atoms. The first kappa shape index (κ1) is 18.9. The fourth-order valence-corrected chi connectivity index (χ4v) is 5.90. The molecule has 0 N–H and O–H groups in total. The molecule has 0 amide bonds. The second-order valence-electron chi connectivity index (χ2n) is 7.13. The minimum atomic E-state index is -3.46. The van der Waals surface area contributed by atoms with Crippen molar-refractivity contribution in [2.75, 3.05) is 32.8 Å². The molecule has 5 nitrogen and oxygen atoms in total. The number of halogens is 1. The van der Waals surface area contributed by atoms with Gasteiger partial charge >= 0.3 is 0 Å². The highest BCUT2D eigenvalue weighted by atomic mass is 79.9. The van der Waals surface area contributed by atoms with Crippen molar-refractivity contribution in [2.45, 2.75) is 24.8 Å². The summed E-state index contributed by atoms with van der Waals surface area (Å²) in [5, 5.41) is 0. The number of piperazine rings is 1. The van der Waals surface area contributed by atoms with Crippen LogP contribution in [0.3, 0.4) is 0 Å². The second kappa shape index (κ2) is 7.54. The van der Waals surface area contributed by atoms with Crippen LogP contribution in [0.1, 0.15) is 16.7 Å². The molecule has 27 heavy (non-hydrogen) atoms. The van der Waals surface area contributed by atoms with Crippen LogP contribution in [0, 0.1) is 6.92 Å². The second-order valence-corrected chi connectivity index (χ2v) is 9.95. The molecule has 0 aliphatic carbocycles. The number of hydrogen-bond donors (Lipinski definition) is 0. The zero-order chi connectivity index (χ0) is 19.0. The van der Waals surface area contributed by atoms with Crippen molar-refractivity contribution in [1.29, 1.82) is 0 Å². The molecule has 0 radical (unpaired) electrons. The van der Waals surface area contributed by atoms with Crippen LogP contribution in [0.5, 0.6) is 5.75 Å². The minimum Gasteiger partial charge on any atom is -0.493 e. The first-order valence-corrected chi connectivity index (χ1v) is 11.4. The minimum absolute atomic E-state index is 0.393. The lowest BCUT2D eigenvalue weighted by molar-refractivity contribution is 0.181. The Morgan fingerprint density at radius 2 is 1.85 bits per heavy atom. The van der Waals surface area contributed by atoms with Gasteiger partial charge in [0.1, 0.15) is 5.75 Å². The van der Waals surface area contributed by atoms with E-state index < -0.39 is 10.0 Å². The zero-order valence-corrected chi connectivity index (χ0v) is 17.7. The summed E-state index contributed by atoms with van der Waals surface area (Å²) in [5.74, 6) is 0.999. The molecule has 0 saturated carbocycles. The average molecular weight is 451 g/mol. The van der Waals surface area contributed by atoms with E-state index in [0.29, 0.717) is 18.0 Å². The number of fused-ring (bicyclic) bond motifs is 1. The van der Waals surface area contributed by atoms with Gasteiger partial charge in [0, 0.05) is 43.6 Å². The molecular formula is C20H23BrN2O3S. The fraction of sp³-hybridized carbons (Fsp3) is 0.400. The van der Waals surface area contributed by atoms with E-state index in [1.807, 2.05) is 19.1 Å². The average Bonchev–Trinajstić information content (AvgIpc) is 3.12. The van der Waals surface area contributed by atoms with Gasteiger partial charge in [0.15, 0.2) is 0 Å². The Hall–Kier alpha value is -1.41. The van der Waals surface area contributed by atoms with Crippen LogP contribution in [0.2, 0.25) is 0 Å². The molecule has 0 atom stereocenters. The van der Waals surface area contributed by atoms with Gasteiger partial charge in [-0.05, 0) is 41.8 Å². The molecule has 2 aromatic carbocycles. The first-order valence-electron chi connectivity index (χ1n) is 9.17. The molecule has 7 heteroatoms. The highest BCUT2D eigenvalue weighted by Crippen LogP contribution is 2.27. The van der Waals surface area contributed by atoms with E-state index in [1.165, 1.54) is 11.1 Å². The van der Waals surface area contributed by atoms with E-state index in [1.54, 1.807) is 10.4 Å². The van der Waals surface area contributed by atoms with Crippen molar-refractivity contribution in [3.8, 4) is 5.75 Å². The maximum Gasteiger partial charge on any atom is 0.243 e. The number of ether oxygens (including phenoxy) is 1. The molecule has 1 fully saturated rings. The summed E-state index contributed by atoms with van der Waals surface area (Å²) in [6.07, 6.45) is 0.973. The Morgan fingerprint density at radius 3 is 2.63 bits per heavy atom. The van der Waals surface area contributed by atoms with Gasteiger partial charge in [-0.3, -0.25) is 4.90 Å². The fourth-order valence-electron chi connectivity index (χ4n) is 3.72. The highest BCUT2D eigenvalue weighted by molar-refractivity contribution is 9.10. The van der Waals surface area contributed by atoms with Crippen molar-refractivity contribution in [1.82, 2.24) is 9.21 Å². The molecule has 4 rings (SSSR count). The number of nitrogens with zero attached hydrogens (tertiary/aromatic N) is 2. The van der Waals surface area contributed by atoms with E-state index in [2.05, 4.69) is 39.0 Å². The van der Waals surface area contributed by atoms with E-state index in [9.17, 15) is 8.42 Å². The Bertz CT molecular complexity index is 954. The van der Waals surface area contributed by atoms with Crippen molar-refractivity contribution in [2.24, 2.45) is 0 Å². The summed E-state index contributed by atoms with van der Waals surface area (Å²) in [6.45, 7) is 5.96. The molecule has 2 aliphatic heterocycles. The maximum absolute atomic E-state index is 13.0. The quantitative estimate of drug-likeness (QED) is 0.717. The number of aryl methyl sites for hydroxylation is 1. The molecule has 2 aliphatic rings. The van der Waals surface area contributed by atoms with E-state index in [4.69, 9.17) is 4.74 Å². The van der Waals surface area contributed by atoms with Gasteiger partial charge in [-0.2, -0.15) is 4.31 Å². The Balaban J connectivity index is 1.42. The van der Waals surface area contributed by atoms with Crippen molar-refractivity contribution in [3.63, 3.8) is 0 Å². The lowest BCUT2D eigenvalue weighted by Crippen LogP contribution is -2.48. The van der Waals surface area contributed by atoms with Crippen LogP contribution in [-0.4, -0.2) is 50.4 Å². The molecule has 2 aromatic rings. The van der Waals surface area contributed by atoms with Gasteiger partial charge in [-0.15, -0.1) is 0 Å². The summed E-state index contributed by atoms with van der Waals surface area (Å²) < 4.78 is 34.0. The molecule has 0 bridgehead atoms. The molecule has 0 unspecified atom stereocenters. The third-order valence-corrected chi connectivity index (χ3v) is 7.79. The van der Waals surface area contributed by atoms with Crippen molar-refractivity contribution in [3.05, 3.63) is 57.6 Å². The van der Waals surface area contributed by atoms with E-state index >= 15 is 0 Å². The Morgan fingerprint density at radius 1 is 1.07 bits per heavy atom. The van der Waals surface area contributed by atoms with Crippen LogP contribution < -0.4 is 4.74 Å². The van der Waals surface area contributed by atoms with Gasteiger partial charge in [0.2, 0.25) is 10.0 Å². The SMILES string of the molecule is Cc1ccc(Br)cc1S(=O)(=O)N1CCN(Cc2ccc3c(c2)CCO3)CC1. The largest absolute Gasteiger partial charge is 0.493 e. The predicted octanol–water partition coefficient (Wildman–Crippen LogP) is 3.20. The maximum atomic E-state index is 13.0. The topological polar surface area (TPSA) is 49.9 Å². The van der Waals surface area contributed by atoms with Crippen LogP contribution in [0.4, 0.5) is 0 Å². The normalized spacial score (nSPS) is 18.3. The van der Waals surface area contributed by atoms with Gasteiger partial charge in [-0.25, -0.2) is 8.42 Å². The summed E-state index contributed by atoms with van der Waals surface area (Å²) in [4.78, 5) is 2.71. The molecule has 144 valence electrons. The summed E-state index contributed by atoms with van der Waals surface area (Å²) in [6, 6.07) is 11.8. The standard InChI is InChI=1S/C20H23BrN2O3S/c1-15-2-4-18(21)13-20(15)27(24,25)23-9-7-22(8-10-23)14-16-3-5-19-17(12-16)6-11-26-19/h2-5,12-13H,6-11,14H2,1H3. The van der Waals surface area contributed by atoms with Crippen molar-refractivity contribution < 1.29 is 13.2 Å². The van der Waals surface area contributed by atoms with Gasteiger partial charge < -0.3 is 4.74 Å². The van der Waals surface area contributed by atoms with Crippen LogP contribution in [0.25, 0.3) is 0 Å². The molecule has 2 heterocycles. The summed E-state index contributed by atoms with van der Waals surface area (Å²) in [7, 11) is -3.46. The van der Waals surface area contributed by atoms with Gasteiger partial charge in [0.25, 0.3) is 0 Å². The third kappa shape index (κ3) is 3.92. The van der Waals surface area contributed by atoms with E-state index in [-0.39, 0.29) is 0 Å². The molecule has 1 saturated heterocycles. The van der Waals surface area contributed by atoms with Crippen molar-refractivity contribution >= 4 is 26.0 Å². The third-order valence-electron chi connectivity index (χ3n) is 5.26. The lowest BCUT2D eigenvalue weighted by atomic mass is 10.1. The Labute approximate surface area is 169 Å². The predicted molar refractivity (Wildman–Crippen MR) is 109 cm³/mol. The molecular weight excluding hydrogens is 428 g/mol. The Kier molecular flexibility index (Phi) is 5.29. The van der Waals surface area contributed by atoms with Crippen LogP contribution in [0.15, 0.2) is 45.8 Å². The summed E-state index contributed by atoms with van der Waals surface area (Å²) >= 11 is 3.38. The number of sulfonamides is 1. The van der Waals surface area contributed by atoms with Gasteiger partial charge in [-0.1, -0.05) is 34.1 Å². The monoisotopic (exact) mass is 450 g/mol. The highest BCUT2D eigenvalue weighted by Gasteiger charge is 2.29. The van der Waals surface area contributed by atoms with Crippen LogP contribution >= 0.6 is 15.9 Å². The lowest BCUT2D eigenvalue weighted by Gasteiger charge is -2.34. The van der Waals surface area contributed by atoms with E-state index in [0.717, 1.165) is 48.4 Å².